The van der Waals surface area contributed by atoms with E-state index >= 15 is 0 Å². The Morgan fingerprint density at radius 3 is 2.08 bits per heavy atom. The van der Waals surface area contributed by atoms with Gasteiger partial charge < -0.3 is 11.5 Å². The SMILES string of the molecule is C=C/C=C(/C)c1[nH]nc(N)c1C=C.CC.CCCCC(N)CCCC. The van der Waals surface area contributed by atoms with Gasteiger partial charge in [-0.2, -0.15) is 5.10 Å². The Kier molecular flexibility index (Phi) is 17.3. The third kappa shape index (κ3) is 11.4. The molecule has 144 valence electrons. The minimum absolute atomic E-state index is 0.472. The lowest BCUT2D eigenvalue weighted by atomic mass is 10.1. The Morgan fingerprint density at radius 2 is 1.68 bits per heavy atom. The summed E-state index contributed by atoms with van der Waals surface area (Å²) in [5.74, 6) is 0.474. The van der Waals surface area contributed by atoms with Gasteiger partial charge in [0, 0.05) is 11.6 Å². The van der Waals surface area contributed by atoms with Crippen molar-refractivity contribution in [1.29, 1.82) is 0 Å². The summed E-state index contributed by atoms with van der Waals surface area (Å²) < 4.78 is 0. The topological polar surface area (TPSA) is 80.7 Å². The van der Waals surface area contributed by atoms with E-state index in [1.54, 1.807) is 12.2 Å². The van der Waals surface area contributed by atoms with E-state index in [2.05, 4.69) is 37.2 Å². The summed E-state index contributed by atoms with van der Waals surface area (Å²) in [6.45, 7) is 17.7. The van der Waals surface area contributed by atoms with Gasteiger partial charge in [-0.15, -0.1) is 0 Å². The van der Waals surface area contributed by atoms with Crippen LogP contribution in [0.3, 0.4) is 0 Å². The van der Waals surface area contributed by atoms with Crippen molar-refractivity contribution in [2.45, 2.75) is 79.2 Å². The van der Waals surface area contributed by atoms with Crippen LogP contribution in [0.15, 0.2) is 25.3 Å². The summed E-state index contributed by atoms with van der Waals surface area (Å²) in [7, 11) is 0. The molecule has 1 aromatic rings. The predicted molar refractivity (Wildman–Crippen MR) is 115 cm³/mol. The number of unbranched alkanes of at least 4 members (excludes halogenated alkanes) is 2. The molecule has 0 unspecified atom stereocenters. The average Bonchev–Trinajstić information content (AvgIpc) is 3.01. The average molecular weight is 349 g/mol. The highest BCUT2D eigenvalue weighted by Crippen LogP contribution is 2.21. The van der Waals surface area contributed by atoms with Gasteiger partial charge in [-0.1, -0.05) is 84.8 Å². The molecule has 0 atom stereocenters. The van der Waals surface area contributed by atoms with Crippen LogP contribution in [-0.4, -0.2) is 16.2 Å². The number of nitrogens with two attached hydrogens (primary N) is 2. The Bertz CT molecular complexity index is 478. The van der Waals surface area contributed by atoms with E-state index < -0.39 is 0 Å². The summed E-state index contributed by atoms with van der Waals surface area (Å²) in [6.07, 6.45) is 12.9. The van der Waals surface area contributed by atoms with Crippen LogP contribution in [0.25, 0.3) is 11.6 Å². The molecular weight excluding hydrogens is 308 g/mol. The standard InChI is InChI=1S/C10H13N3.C9H21N.C2H6/c1-4-6-7(3)9-8(5-2)10(11)13-12-9;1-3-5-7-9(10)8-6-4-2;1-2/h4-6H,1-2H2,3H3,(H3,11,12,13);9H,3-8,10H2,1-2H3;1-2H3/b7-6-;;. The number of H-pyrrole nitrogens is 1. The number of nitrogens with one attached hydrogen (secondary N) is 1. The van der Waals surface area contributed by atoms with Crippen LogP contribution < -0.4 is 11.5 Å². The number of nitrogens with zero attached hydrogens (tertiary/aromatic N) is 1. The van der Waals surface area contributed by atoms with Crippen molar-refractivity contribution in [2.75, 3.05) is 5.73 Å². The minimum atomic E-state index is 0.472. The first-order valence-corrected chi connectivity index (χ1v) is 9.53. The lowest BCUT2D eigenvalue weighted by Crippen LogP contribution is -2.19. The molecule has 0 aliphatic heterocycles. The highest BCUT2D eigenvalue weighted by molar-refractivity contribution is 5.76. The van der Waals surface area contributed by atoms with Crippen molar-refractivity contribution in [3.63, 3.8) is 0 Å². The van der Waals surface area contributed by atoms with Crippen LogP contribution in [0.5, 0.6) is 0 Å². The van der Waals surface area contributed by atoms with Crippen molar-refractivity contribution < 1.29 is 0 Å². The highest BCUT2D eigenvalue weighted by Gasteiger charge is 2.07. The van der Waals surface area contributed by atoms with Crippen molar-refractivity contribution >= 4 is 17.5 Å². The van der Waals surface area contributed by atoms with E-state index in [9.17, 15) is 0 Å². The quantitative estimate of drug-likeness (QED) is 0.483. The van der Waals surface area contributed by atoms with Crippen molar-refractivity contribution in [3.8, 4) is 0 Å². The Hall–Kier alpha value is -1.81. The fraction of sp³-hybridized carbons (Fsp3) is 0.571. The van der Waals surface area contributed by atoms with E-state index in [1.165, 1.54) is 38.5 Å². The first-order valence-electron chi connectivity index (χ1n) is 9.53. The molecular formula is C21H40N4. The number of aromatic nitrogens is 2. The number of hydrogen-bond donors (Lipinski definition) is 3. The first-order chi connectivity index (χ1) is 12.0. The normalized spacial score (nSPS) is 10.4. The van der Waals surface area contributed by atoms with Crippen LogP contribution >= 0.6 is 0 Å². The summed E-state index contributed by atoms with van der Waals surface area (Å²) in [6, 6.07) is 0.472. The monoisotopic (exact) mass is 348 g/mol. The van der Waals surface area contributed by atoms with E-state index in [-0.39, 0.29) is 0 Å². The number of aromatic amines is 1. The molecule has 0 aliphatic carbocycles. The summed E-state index contributed by atoms with van der Waals surface area (Å²) >= 11 is 0. The second-order valence-electron chi connectivity index (χ2n) is 5.73. The van der Waals surface area contributed by atoms with Crippen LogP contribution in [0.2, 0.25) is 0 Å². The Morgan fingerprint density at radius 1 is 1.16 bits per heavy atom. The molecule has 1 heterocycles. The van der Waals surface area contributed by atoms with Crippen LogP contribution in [-0.2, 0) is 0 Å². The third-order valence-corrected chi connectivity index (χ3v) is 3.66. The molecule has 1 rings (SSSR count). The van der Waals surface area contributed by atoms with Gasteiger partial charge in [0.25, 0.3) is 0 Å². The highest BCUT2D eigenvalue weighted by atomic mass is 15.2. The van der Waals surface area contributed by atoms with Gasteiger partial charge in [-0.3, -0.25) is 5.10 Å². The molecule has 4 heteroatoms. The fourth-order valence-corrected chi connectivity index (χ4v) is 2.21. The lowest BCUT2D eigenvalue weighted by molar-refractivity contribution is 0.520. The van der Waals surface area contributed by atoms with Crippen molar-refractivity contribution in [3.05, 3.63) is 36.6 Å². The van der Waals surface area contributed by atoms with Gasteiger partial charge in [0.15, 0.2) is 5.82 Å². The zero-order valence-electron chi connectivity index (χ0n) is 17.1. The van der Waals surface area contributed by atoms with Gasteiger partial charge in [-0.05, 0) is 25.3 Å². The van der Waals surface area contributed by atoms with Gasteiger partial charge in [-0.25, -0.2) is 0 Å². The van der Waals surface area contributed by atoms with Crippen LogP contribution in [0.4, 0.5) is 5.82 Å². The number of nitrogen functional groups attached to an aromatic ring is 1. The van der Waals surface area contributed by atoms with Crippen LogP contribution in [0, 0.1) is 0 Å². The van der Waals surface area contributed by atoms with E-state index in [4.69, 9.17) is 11.5 Å². The summed E-state index contributed by atoms with van der Waals surface area (Å²) in [5.41, 5.74) is 14.2. The maximum Gasteiger partial charge on any atom is 0.153 e. The Balaban J connectivity index is 0. The second-order valence-corrected chi connectivity index (χ2v) is 5.73. The number of hydrogen-bond acceptors (Lipinski definition) is 3. The maximum atomic E-state index is 5.85. The third-order valence-electron chi connectivity index (χ3n) is 3.66. The summed E-state index contributed by atoms with van der Waals surface area (Å²) in [5, 5.41) is 6.74. The van der Waals surface area contributed by atoms with Gasteiger partial charge in [0.1, 0.15) is 0 Å². The van der Waals surface area contributed by atoms with Crippen LogP contribution in [0.1, 0.15) is 84.4 Å². The van der Waals surface area contributed by atoms with Gasteiger partial charge in [0.05, 0.1) is 5.69 Å². The number of anilines is 1. The lowest BCUT2D eigenvalue weighted by Gasteiger charge is -2.08. The zero-order chi connectivity index (χ0) is 19.7. The molecule has 0 fully saturated rings. The maximum absolute atomic E-state index is 5.85. The van der Waals surface area contributed by atoms with Crippen molar-refractivity contribution in [2.24, 2.45) is 5.73 Å². The molecule has 0 bridgehead atoms. The molecule has 0 spiro atoms. The smallest absolute Gasteiger partial charge is 0.153 e. The first kappa shape index (κ1) is 25.4. The van der Waals surface area contributed by atoms with Crippen molar-refractivity contribution in [1.82, 2.24) is 10.2 Å². The molecule has 1 aromatic heterocycles. The predicted octanol–water partition coefficient (Wildman–Crippen LogP) is 5.94. The summed E-state index contributed by atoms with van der Waals surface area (Å²) in [4.78, 5) is 0. The largest absolute Gasteiger partial charge is 0.382 e. The molecule has 0 aromatic carbocycles. The number of rotatable bonds is 9. The molecule has 0 saturated carbocycles. The molecule has 25 heavy (non-hydrogen) atoms. The van der Waals surface area contributed by atoms with Gasteiger partial charge >= 0.3 is 0 Å². The molecule has 5 N–H and O–H groups in total. The zero-order valence-corrected chi connectivity index (χ0v) is 17.1. The van der Waals surface area contributed by atoms with Gasteiger partial charge in [0.2, 0.25) is 0 Å². The molecule has 0 aliphatic rings. The molecule has 0 amide bonds. The minimum Gasteiger partial charge on any atom is -0.382 e. The molecule has 0 saturated heterocycles. The Labute approximate surface area is 155 Å². The van der Waals surface area contributed by atoms with E-state index in [0.29, 0.717) is 11.9 Å². The molecule has 0 radical (unpaired) electrons. The van der Waals surface area contributed by atoms with E-state index in [0.717, 1.165) is 16.8 Å². The molecule has 4 nitrogen and oxygen atoms in total. The second kappa shape index (κ2) is 17.0. The number of allylic oxidation sites excluding steroid dienone is 3. The van der Waals surface area contributed by atoms with E-state index in [1.807, 2.05) is 26.8 Å². The fourth-order valence-electron chi connectivity index (χ4n) is 2.21.